The first-order chi connectivity index (χ1) is 6.45. The zero-order valence-electron chi connectivity index (χ0n) is 6.90. The van der Waals surface area contributed by atoms with Gasteiger partial charge in [-0.25, -0.2) is 0 Å². The van der Waals surface area contributed by atoms with Crippen molar-refractivity contribution in [1.82, 2.24) is 4.98 Å². The minimum Gasteiger partial charge on any atom is -0.256 e. The Labute approximate surface area is 79.7 Å². The van der Waals surface area contributed by atoms with Gasteiger partial charge in [-0.05, 0) is 29.6 Å². The van der Waals surface area contributed by atoms with E-state index in [4.69, 9.17) is 0 Å². The van der Waals surface area contributed by atoms with E-state index in [1.165, 1.54) is 15.5 Å². The molecule has 62 valence electrons. The van der Waals surface area contributed by atoms with Gasteiger partial charge in [-0.2, -0.15) is 0 Å². The summed E-state index contributed by atoms with van der Waals surface area (Å²) in [5, 5.41) is 4.69. The van der Waals surface area contributed by atoms with Gasteiger partial charge in [0.25, 0.3) is 0 Å². The summed E-state index contributed by atoms with van der Waals surface area (Å²) in [6, 6.07) is 10.5. The van der Waals surface area contributed by atoms with Crippen molar-refractivity contribution in [3.63, 3.8) is 0 Å². The summed E-state index contributed by atoms with van der Waals surface area (Å²) in [5.41, 5.74) is 1.08. The molecule has 2 aromatic heterocycles. The lowest BCUT2D eigenvalue weighted by Crippen LogP contribution is -1.76. The Balaban J connectivity index is 2.65. The average Bonchev–Trinajstić information content (AvgIpc) is 2.65. The highest BCUT2D eigenvalue weighted by Crippen LogP contribution is 2.27. The van der Waals surface area contributed by atoms with Crippen molar-refractivity contribution in [1.29, 1.82) is 0 Å². The average molecular weight is 185 g/mol. The van der Waals surface area contributed by atoms with Crippen LogP contribution in [0.15, 0.2) is 41.9 Å². The van der Waals surface area contributed by atoms with Crippen molar-refractivity contribution in [2.75, 3.05) is 0 Å². The lowest BCUT2D eigenvalue weighted by atomic mass is 10.1. The van der Waals surface area contributed by atoms with Gasteiger partial charge in [0.05, 0.1) is 5.52 Å². The van der Waals surface area contributed by atoms with E-state index < -0.39 is 0 Å². The van der Waals surface area contributed by atoms with Crippen molar-refractivity contribution in [3.05, 3.63) is 41.9 Å². The Bertz CT molecular complexity index is 568. The van der Waals surface area contributed by atoms with Crippen LogP contribution in [-0.4, -0.2) is 4.98 Å². The van der Waals surface area contributed by atoms with Crippen molar-refractivity contribution in [3.8, 4) is 0 Å². The molecule has 1 aromatic carbocycles. The third-order valence-corrected chi connectivity index (χ3v) is 3.10. The molecule has 0 spiro atoms. The van der Waals surface area contributed by atoms with Crippen LogP contribution in [0.2, 0.25) is 0 Å². The summed E-state index contributed by atoms with van der Waals surface area (Å²) < 4.78 is 1.33. The first-order valence-corrected chi connectivity index (χ1v) is 5.04. The van der Waals surface area contributed by atoms with Crippen LogP contribution in [-0.2, 0) is 0 Å². The minimum absolute atomic E-state index is 1.08. The van der Waals surface area contributed by atoms with Gasteiger partial charge in [0.1, 0.15) is 0 Å². The van der Waals surface area contributed by atoms with Crippen LogP contribution < -0.4 is 0 Å². The summed E-state index contributed by atoms with van der Waals surface area (Å²) in [4.78, 5) is 4.32. The van der Waals surface area contributed by atoms with Crippen LogP contribution in [0.3, 0.4) is 0 Å². The van der Waals surface area contributed by atoms with Gasteiger partial charge >= 0.3 is 0 Å². The fourth-order valence-electron chi connectivity index (χ4n) is 1.61. The van der Waals surface area contributed by atoms with Gasteiger partial charge in [0.15, 0.2) is 0 Å². The molecule has 0 N–H and O–H groups in total. The van der Waals surface area contributed by atoms with Gasteiger partial charge in [-0.1, -0.05) is 6.07 Å². The van der Waals surface area contributed by atoms with Gasteiger partial charge < -0.3 is 0 Å². The van der Waals surface area contributed by atoms with Crippen LogP contribution >= 0.6 is 11.3 Å². The second-order valence-electron chi connectivity index (χ2n) is 2.97. The molecule has 0 unspecified atom stereocenters. The maximum absolute atomic E-state index is 4.32. The number of thiophene rings is 1. The maximum Gasteiger partial charge on any atom is 0.0708 e. The zero-order chi connectivity index (χ0) is 8.67. The number of pyridine rings is 1. The summed E-state index contributed by atoms with van der Waals surface area (Å²) in [6.07, 6.45) is 1.83. The molecule has 0 aliphatic rings. The Morgan fingerprint density at radius 3 is 3.00 bits per heavy atom. The molecule has 3 aromatic rings. The topological polar surface area (TPSA) is 12.9 Å². The fourth-order valence-corrected chi connectivity index (χ4v) is 2.41. The van der Waals surface area contributed by atoms with E-state index in [-0.39, 0.29) is 0 Å². The molecule has 0 aliphatic heterocycles. The summed E-state index contributed by atoms with van der Waals surface area (Å²) >= 11 is 1.77. The summed E-state index contributed by atoms with van der Waals surface area (Å²) in [5.74, 6) is 0. The molecule has 0 amide bonds. The molecular formula is C11H7NS. The maximum atomic E-state index is 4.32. The molecular weight excluding hydrogens is 178 g/mol. The Morgan fingerprint density at radius 2 is 2.00 bits per heavy atom. The number of hydrogen-bond acceptors (Lipinski definition) is 2. The lowest BCUT2D eigenvalue weighted by molar-refractivity contribution is 1.42. The van der Waals surface area contributed by atoms with Gasteiger partial charge in [-0.3, -0.25) is 4.98 Å². The Kier molecular flexibility index (Phi) is 1.37. The molecule has 1 nitrogen and oxygen atoms in total. The lowest BCUT2D eigenvalue weighted by Gasteiger charge is -1.96. The minimum atomic E-state index is 1.08. The molecule has 3 rings (SSSR count). The second kappa shape index (κ2) is 2.54. The Hall–Kier alpha value is -1.41. The quantitative estimate of drug-likeness (QED) is 0.522. The highest BCUT2D eigenvalue weighted by atomic mass is 32.1. The van der Waals surface area contributed by atoms with E-state index in [0.717, 1.165) is 5.52 Å². The van der Waals surface area contributed by atoms with Crippen LogP contribution in [0.1, 0.15) is 0 Å². The number of hydrogen-bond donors (Lipinski definition) is 0. The van der Waals surface area contributed by atoms with E-state index in [9.17, 15) is 0 Å². The van der Waals surface area contributed by atoms with Crippen LogP contribution in [0, 0.1) is 0 Å². The molecule has 2 heterocycles. The standard InChI is InChI=1S/C11H7NS/c1-2-8-9-5-7-13-11(9)4-3-10(8)12-6-1/h1-7H. The zero-order valence-corrected chi connectivity index (χ0v) is 7.71. The number of benzene rings is 1. The first-order valence-electron chi connectivity index (χ1n) is 4.16. The number of rotatable bonds is 0. The van der Waals surface area contributed by atoms with Gasteiger partial charge in [0, 0.05) is 21.7 Å². The molecule has 0 saturated heterocycles. The molecule has 0 saturated carbocycles. The summed E-state index contributed by atoms with van der Waals surface area (Å²) in [7, 11) is 0. The third kappa shape index (κ3) is 0.956. The van der Waals surface area contributed by atoms with Crippen molar-refractivity contribution < 1.29 is 0 Å². The molecule has 0 aliphatic carbocycles. The van der Waals surface area contributed by atoms with Crippen molar-refractivity contribution in [2.24, 2.45) is 0 Å². The van der Waals surface area contributed by atoms with Crippen LogP contribution in [0.5, 0.6) is 0 Å². The Morgan fingerprint density at radius 1 is 1.00 bits per heavy atom. The SMILES string of the molecule is c1cnc2ccc3sccc3c2c1. The van der Waals surface area contributed by atoms with Crippen LogP contribution in [0.4, 0.5) is 0 Å². The number of aromatic nitrogens is 1. The largest absolute Gasteiger partial charge is 0.256 e. The van der Waals surface area contributed by atoms with Crippen molar-refractivity contribution >= 4 is 32.3 Å². The predicted molar refractivity (Wildman–Crippen MR) is 57.1 cm³/mol. The van der Waals surface area contributed by atoms with E-state index in [1.807, 2.05) is 12.3 Å². The number of nitrogens with zero attached hydrogens (tertiary/aromatic N) is 1. The molecule has 0 radical (unpaired) electrons. The number of fused-ring (bicyclic) bond motifs is 3. The van der Waals surface area contributed by atoms with E-state index in [2.05, 4.69) is 34.6 Å². The normalized spacial score (nSPS) is 11.1. The molecule has 0 bridgehead atoms. The monoisotopic (exact) mass is 185 g/mol. The van der Waals surface area contributed by atoms with Crippen LogP contribution in [0.25, 0.3) is 21.0 Å². The van der Waals surface area contributed by atoms with Gasteiger partial charge in [0.2, 0.25) is 0 Å². The predicted octanol–water partition coefficient (Wildman–Crippen LogP) is 3.45. The second-order valence-corrected chi connectivity index (χ2v) is 3.92. The smallest absolute Gasteiger partial charge is 0.0708 e. The van der Waals surface area contributed by atoms with E-state index in [0.29, 0.717) is 0 Å². The molecule has 0 atom stereocenters. The van der Waals surface area contributed by atoms with Crippen molar-refractivity contribution in [2.45, 2.75) is 0 Å². The van der Waals surface area contributed by atoms with Gasteiger partial charge in [-0.15, -0.1) is 11.3 Å². The fraction of sp³-hybridized carbons (Fsp3) is 0. The third-order valence-electron chi connectivity index (χ3n) is 2.22. The van der Waals surface area contributed by atoms with E-state index in [1.54, 1.807) is 11.3 Å². The van der Waals surface area contributed by atoms with E-state index >= 15 is 0 Å². The highest BCUT2D eigenvalue weighted by Gasteiger charge is 2.00. The molecule has 2 heteroatoms. The summed E-state index contributed by atoms with van der Waals surface area (Å²) in [6.45, 7) is 0. The molecule has 0 fully saturated rings. The molecule has 13 heavy (non-hydrogen) atoms. The highest BCUT2D eigenvalue weighted by molar-refractivity contribution is 7.17. The first kappa shape index (κ1) is 7.04.